The number of amides is 1. The predicted molar refractivity (Wildman–Crippen MR) is 103 cm³/mol. The van der Waals surface area contributed by atoms with Crippen molar-refractivity contribution in [3.05, 3.63) is 35.4 Å². The Labute approximate surface area is 157 Å². The van der Waals surface area contributed by atoms with E-state index in [2.05, 4.69) is 5.32 Å². The summed E-state index contributed by atoms with van der Waals surface area (Å²) < 4.78 is 10.9. The minimum Gasteiger partial charge on any atom is -0.459 e. The lowest BCUT2D eigenvalue weighted by atomic mass is 9.84. The second-order valence-corrected chi connectivity index (χ2v) is 8.73. The minimum absolute atomic E-state index is 0.154. The zero-order valence-corrected chi connectivity index (χ0v) is 17.3. The van der Waals surface area contributed by atoms with Gasteiger partial charge in [0.15, 0.2) is 0 Å². The zero-order valence-electron chi connectivity index (χ0n) is 17.3. The molecule has 1 aromatic carbocycles. The molecule has 5 heteroatoms. The molecule has 1 aromatic rings. The Balaban J connectivity index is 2.96. The van der Waals surface area contributed by atoms with E-state index in [1.54, 1.807) is 0 Å². The lowest BCUT2D eigenvalue weighted by molar-refractivity contribution is -0.158. The molecule has 26 heavy (non-hydrogen) atoms. The van der Waals surface area contributed by atoms with E-state index in [-0.39, 0.29) is 11.9 Å². The molecular formula is C21H33NO4. The molecule has 0 radical (unpaired) electrons. The van der Waals surface area contributed by atoms with Gasteiger partial charge in [-0.2, -0.15) is 0 Å². The molecule has 5 nitrogen and oxygen atoms in total. The number of benzene rings is 1. The van der Waals surface area contributed by atoms with Crippen molar-refractivity contribution in [2.24, 2.45) is 5.92 Å². The fourth-order valence-corrected chi connectivity index (χ4v) is 2.64. The maximum atomic E-state index is 12.9. The van der Waals surface area contributed by atoms with Crippen molar-refractivity contribution in [2.75, 3.05) is 6.54 Å². The highest BCUT2D eigenvalue weighted by Crippen LogP contribution is 2.30. The third-order valence-corrected chi connectivity index (χ3v) is 3.72. The number of alkyl carbamates (subject to hydrolysis) is 1. The Kier molecular flexibility index (Phi) is 7.25. The van der Waals surface area contributed by atoms with Crippen LogP contribution >= 0.6 is 0 Å². The van der Waals surface area contributed by atoms with Gasteiger partial charge in [0.2, 0.25) is 0 Å². The Morgan fingerprint density at radius 2 is 1.54 bits per heavy atom. The van der Waals surface area contributed by atoms with Gasteiger partial charge in [0.25, 0.3) is 0 Å². The highest BCUT2D eigenvalue weighted by atomic mass is 16.6. The third-order valence-electron chi connectivity index (χ3n) is 3.72. The summed E-state index contributed by atoms with van der Waals surface area (Å²) in [6.07, 6.45) is -0.489. The van der Waals surface area contributed by atoms with Crippen LogP contribution in [0, 0.1) is 12.8 Å². The average Bonchev–Trinajstić information content (AvgIpc) is 2.44. The van der Waals surface area contributed by atoms with Crippen molar-refractivity contribution in [3.63, 3.8) is 0 Å². The summed E-state index contributed by atoms with van der Waals surface area (Å²) in [4.78, 5) is 24.8. The monoisotopic (exact) mass is 363 g/mol. The van der Waals surface area contributed by atoms with Crippen LogP contribution in [0.4, 0.5) is 4.79 Å². The molecule has 0 aromatic heterocycles. The van der Waals surface area contributed by atoms with Crippen molar-refractivity contribution in [1.29, 1.82) is 0 Å². The van der Waals surface area contributed by atoms with E-state index in [1.165, 1.54) is 0 Å². The third kappa shape index (κ3) is 7.46. The van der Waals surface area contributed by atoms with Gasteiger partial charge in [-0.05, 0) is 65.5 Å². The number of aryl methyl sites for hydroxylation is 1. The van der Waals surface area contributed by atoms with Gasteiger partial charge >= 0.3 is 12.1 Å². The fourth-order valence-electron chi connectivity index (χ4n) is 2.64. The number of nitrogens with one attached hydrogen (secondary N) is 1. The first kappa shape index (κ1) is 22.0. The van der Waals surface area contributed by atoms with E-state index in [0.29, 0.717) is 6.54 Å². The van der Waals surface area contributed by atoms with Gasteiger partial charge in [-0.25, -0.2) is 4.79 Å². The van der Waals surface area contributed by atoms with E-state index in [0.717, 1.165) is 11.1 Å². The molecule has 1 rings (SSSR count). The molecule has 0 aliphatic heterocycles. The lowest BCUT2D eigenvalue weighted by Crippen LogP contribution is -2.38. The normalized spacial score (nSPS) is 14.3. The molecule has 0 saturated carbocycles. The molecule has 2 unspecified atom stereocenters. The standard InChI is InChI=1S/C21H33NO4/c1-14-11-9-10-12-16(14)17(18(23)25-20(3,4)5)15(2)13-22-19(24)26-21(6,7)8/h9-12,15,17H,13H2,1-8H3,(H,22,24). The summed E-state index contributed by atoms with van der Waals surface area (Å²) in [5.41, 5.74) is 0.803. The zero-order chi connectivity index (χ0) is 20.1. The van der Waals surface area contributed by atoms with Crippen LogP contribution in [0.1, 0.15) is 65.5 Å². The summed E-state index contributed by atoms with van der Waals surface area (Å²) >= 11 is 0. The van der Waals surface area contributed by atoms with Gasteiger partial charge in [-0.3, -0.25) is 4.79 Å². The smallest absolute Gasteiger partial charge is 0.407 e. The van der Waals surface area contributed by atoms with Crippen molar-refractivity contribution in [3.8, 4) is 0 Å². The maximum absolute atomic E-state index is 12.9. The van der Waals surface area contributed by atoms with Crippen LogP contribution < -0.4 is 5.32 Å². The predicted octanol–water partition coefficient (Wildman–Crippen LogP) is 4.58. The summed E-state index contributed by atoms with van der Waals surface area (Å²) in [5, 5.41) is 2.76. The van der Waals surface area contributed by atoms with E-state index < -0.39 is 23.2 Å². The molecule has 0 aliphatic carbocycles. The van der Waals surface area contributed by atoms with Crippen LogP contribution in [0.25, 0.3) is 0 Å². The van der Waals surface area contributed by atoms with Crippen LogP contribution in [0.3, 0.4) is 0 Å². The molecule has 0 spiro atoms. The summed E-state index contributed by atoms with van der Waals surface area (Å²) in [6.45, 7) is 15.2. The highest BCUT2D eigenvalue weighted by molar-refractivity contribution is 5.79. The Morgan fingerprint density at radius 1 is 1.00 bits per heavy atom. The first-order valence-electron chi connectivity index (χ1n) is 9.05. The number of hydrogen-bond acceptors (Lipinski definition) is 4. The fraction of sp³-hybridized carbons (Fsp3) is 0.619. The molecule has 2 atom stereocenters. The molecule has 1 N–H and O–H groups in total. The van der Waals surface area contributed by atoms with E-state index in [9.17, 15) is 9.59 Å². The van der Waals surface area contributed by atoms with Crippen molar-refractivity contribution in [2.45, 2.75) is 72.5 Å². The van der Waals surface area contributed by atoms with Gasteiger partial charge in [-0.1, -0.05) is 31.2 Å². The van der Waals surface area contributed by atoms with Crippen molar-refractivity contribution >= 4 is 12.1 Å². The van der Waals surface area contributed by atoms with E-state index in [1.807, 2.05) is 79.7 Å². The Bertz CT molecular complexity index is 626. The van der Waals surface area contributed by atoms with Gasteiger partial charge in [0.1, 0.15) is 11.2 Å². The highest BCUT2D eigenvalue weighted by Gasteiger charge is 2.32. The van der Waals surface area contributed by atoms with Crippen LogP contribution in [0.15, 0.2) is 24.3 Å². The number of ether oxygens (including phenoxy) is 2. The SMILES string of the molecule is Cc1ccccc1C(C(=O)OC(C)(C)C)C(C)CNC(=O)OC(C)(C)C. The topological polar surface area (TPSA) is 64.6 Å². The molecule has 1 amide bonds. The van der Waals surface area contributed by atoms with E-state index in [4.69, 9.17) is 9.47 Å². The largest absolute Gasteiger partial charge is 0.459 e. The van der Waals surface area contributed by atoms with Crippen LogP contribution in [0.5, 0.6) is 0 Å². The lowest BCUT2D eigenvalue weighted by Gasteiger charge is -2.29. The Hall–Kier alpha value is -2.04. The molecule has 0 bridgehead atoms. The molecule has 146 valence electrons. The summed E-state index contributed by atoms with van der Waals surface area (Å²) in [5.74, 6) is -0.908. The first-order valence-corrected chi connectivity index (χ1v) is 9.05. The first-order chi connectivity index (χ1) is 11.8. The van der Waals surface area contributed by atoms with Gasteiger partial charge in [-0.15, -0.1) is 0 Å². The van der Waals surface area contributed by atoms with Crippen molar-refractivity contribution in [1.82, 2.24) is 5.32 Å². The van der Waals surface area contributed by atoms with Gasteiger partial charge < -0.3 is 14.8 Å². The van der Waals surface area contributed by atoms with Crippen LogP contribution in [0.2, 0.25) is 0 Å². The second-order valence-electron chi connectivity index (χ2n) is 8.73. The minimum atomic E-state index is -0.573. The summed E-state index contributed by atoms with van der Waals surface area (Å²) in [7, 11) is 0. The second kappa shape index (κ2) is 8.56. The number of esters is 1. The van der Waals surface area contributed by atoms with Gasteiger partial charge in [0, 0.05) is 6.54 Å². The molecule has 0 fully saturated rings. The molecular weight excluding hydrogens is 330 g/mol. The quantitative estimate of drug-likeness (QED) is 0.778. The number of rotatable bonds is 5. The Morgan fingerprint density at radius 3 is 2.04 bits per heavy atom. The number of carbonyl (C=O) groups excluding carboxylic acids is 2. The average molecular weight is 363 g/mol. The number of hydrogen-bond donors (Lipinski definition) is 1. The van der Waals surface area contributed by atoms with Gasteiger partial charge in [0.05, 0.1) is 5.92 Å². The molecule has 0 saturated heterocycles. The molecule has 0 heterocycles. The summed E-state index contributed by atoms with van der Waals surface area (Å²) in [6, 6.07) is 7.76. The number of carbonyl (C=O) groups is 2. The van der Waals surface area contributed by atoms with Crippen LogP contribution in [-0.4, -0.2) is 29.8 Å². The molecule has 0 aliphatic rings. The van der Waals surface area contributed by atoms with Crippen LogP contribution in [-0.2, 0) is 14.3 Å². The van der Waals surface area contributed by atoms with Crippen molar-refractivity contribution < 1.29 is 19.1 Å². The van der Waals surface area contributed by atoms with E-state index >= 15 is 0 Å². The maximum Gasteiger partial charge on any atom is 0.407 e.